The molecule has 0 aromatic heterocycles. The summed E-state index contributed by atoms with van der Waals surface area (Å²) in [6.45, 7) is 6.25. The molecule has 0 aromatic rings. The van der Waals surface area contributed by atoms with E-state index in [1.165, 1.54) is 64.2 Å². The van der Waals surface area contributed by atoms with Crippen LogP contribution in [0.2, 0.25) is 0 Å². The van der Waals surface area contributed by atoms with E-state index in [0.29, 0.717) is 19.3 Å². The van der Waals surface area contributed by atoms with Crippen molar-refractivity contribution in [1.82, 2.24) is 0 Å². The van der Waals surface area contributed by atoms with Crippen LogP contribution in [0.25, 0.3) is 0 Å². The first kappa shape index (κ1) is 66.0. The SMILES string of the molecule is CC/C=C\C/C=C\C/C=C\C/C=C\C/C=C\C/C=C\CCC(=O)OC[C@H](COC(=O)CCCCCCCCC/C=C\CCCCCC)OC(=O)CC/C=C\C/C=C\C/C=C\C/C=C\C/C=C\C/C=C\CC. The number of hydrogen-bond donors (Lipinski definition) is 0. The Morgan fingerprint density at radius 2 is 0.577 bits per heavy atom. The molecule has 0 heterocycles. The van der Waals surface area contributed by atoms with Gasteiger partial charge < -0.3 is 14.2 Å². The number of rotatable bonds is 48. The largest absolute Gasteiger partial charge is 0.462 e. The predicted octanol–water partition coefficient (Wildman–Crippen LogP) is 19.0. The highest BCUT2D eigenvalue weighted by molar-refractivity contribution is 5.71. The van der Waals surface area contributed by atoms with Gasteiger partial charge in [-0.2, -0.15) is 0 Å². The molecule has 0 radical (unpaired) electrons. The first-order valence-corrected chi connectivity index (χ1v) is 28.0. The van der Waals surface area contributed by atoms with E-state index in [4.69, 9.17) is 14.2 Å². The van der Waals surface area contributed by atoms with Gasteiger partial charge in [0, 0.05) is 19.3 Å². The van der Waals surface area contributed by atoms with Crippen LogP contribution >= 0.6 is 0 Å². The zero-order valence-corrected chi connectivity index (χ0v) is 45.2. The quantitative estimate of drug-likeness (QED) is 0.0262. The van der Waals surface area contributed by atoms with Gasteiger partial charge in [0.25, 0.3) is 0 Å². The van der Waals surface area contributed by atoms with E-state index in [2.05, 4.69) is 154 Å². The van der Waals surface area contributed by atoms with E-state index >= 15 is 0 Å². The fourth-order valence-corrected chi connectivity index (χ4v) is 6.90. The number of unbranched alkanes of at least 4 members (excludes halogenated alkanes) is 11. The summed E-state index contributed by atoms with van der Waals surface area (Å²) in [6, 6.07) is 0. The summed E-state index contributed by atoms with van der Waals surface area (Å²) in [5.41, 5.74) is 0. The molecule has 71 heavy (non-hydrogen) atoms. The van der Waals surface area contributed by atoms with Crippen molar-refractivity contribution < 1.29 is 28.6 Å². The molecule has 0 fully saturated rings. The van der Waals surface area contributed by atoms with Gasteiger partial charge in [0.15, 0.2) is 6.10 Å². The molecule has 1 atom stereocenters. The summed E-state index contributed by atoms with van der Waals surface area (Å²) >= 11 is 0. The maximum atomic E-state index is 12.8. The van der Waals surface area contributed by atoms with Crippen molar-refractivity contribution in [3.63, 3.8) is 0 Å². The van der Waals surface area contributed by atoms with Crippen LogP contribution in [0.15, 0.2) is 158 Å². The van der Waals surface area contributed by atoms with E-state index in [9.17, 15) is 14.4 Å². The van der Waals surface area contributed by atoms with Gasteiger partial charge in [-0.15, -0.1) is 0 Å². The van der Waals surface area contributed by atoms with Crippen molar-refractivity contribution in [1.29, 1.82) is 0 Å². The van der Waals surface area contributed by atoms with Crippen molar-refractivity contribution >= 4 is 17.9 Å². The van der Waals surface area contributed by atoms with E-state index in [0.717, 1.165) is 96.3 Å². The number of esters is 3. The zero-order chi connectivity index (χ0) is 51.4. The molecule has 0 rings (SSSR count). The summed E-state index contributed by atoms with van der Waals surface area (Å²) in [5.74, 6) is -1.13. The first-order valence-electron chi connectivity index (χ1n) is 28.0. The second kappa shape index (κ2) is 57.6. The average molecular weight is 978 g/mol. The molecule has 0 aromatic carbocycles. The Morgan fingerprint density at radius 3 is 0.944 bits per heavy atom. The molecule has 0 N–H and O–H groups in total. The number of carbonyl (C=O) groups is 3. The Morgan fingerprint density at radius 1 is 0.296 bits per heavy atom. The van der Waals surface area contributed by atoms with Crippen molar-refractivity contribution in [3.05, 3.63) is 158 Å². The van der Waals surface area contributed by atoms with Gasteiger partial charge >= 0.3 is 17.9 Å². The summed E-state index contributed by atoms with van der Waals surface area (Å²) in [4.78, 5) is 38.1. The lowest BCUT2D eigenvalue weighted by atomic mass is 10.1. The van der Waals surface area contributed by atoms with Crippen LogP contribution in [0.4, 0.5) is 0 Å². The summed E-state index contributed by atoms with van der Waals surface area (Å²) in [7, 11) is 0. The van der Waals surface area contributed by atoms with Crippen LogP contribution < -0.4 is 0 Å². The second-order valence-electron chi connectivity index (χ2n) is 17.7. The summed E-state index contributed by atoms with van der Waals surface area (Å²) in [6.07, 6.45) is 83.9. The molecule has 396 valence electrons. The third-order valence-corrected chi connectivity index (χ3v) is 11.0. The number of hydrogen-bond acceptors (Lipinski definition) is 6. The molecule has 0 aliphatic heterocycles. The Balaban J connectivity index is 4.66. The van der Waals surface area contributed by atoms with Crippen molar-refractivity contribution in [2.75, 3.05) is 13.2 Å². The van der Waals surface area contributed by atoms with Gasteiger partial charge in [-0.1, -0.05) is 230 Å². The van der Waals surface area contributed by atoms with E-state index in [1.807, 2.05) is 24.3 Å². The van der Waals surface area contributed by atoms with Gasteiger partial charge in [-0.05, 0) is 122 Å². The summed E-state index contributed by atoms with van der Waals surface area (Å²) < 4.78 is 16.7. The first-order chi connectivity index (χ1) is 35.0. The van der Waals surface area contributed by atoms with Gasteiger partial charge in [-0.25, -0.2) is 0 Å². The summed E-state index contributed by atoms with van der Waals surface area (Å²) in [5, 5.41) is 0. The zero-order valence-electron chi connectivity index (χ0n) is 45.2. The van der Waals surface area contributed by atoms with Crippen LogP contribution in [0, 0.1) is 0 Å². The molecule has 0 aliphatic rings. The minimum atomic E-state index is -0.859. The highest BCUT2D eigenvalue weighted by Gasteiger charge is 2.19. The molecule has 6 nitrogen and oxygen atoms in total. The monoisotopic (exact) mass is 977 g/mol. The Labute approximate surface area is 435 Å². The lowest BCUT2D eigenvalue weighted by molar-refractivity contribution is -0.166. The lowest BCUT2D eigenvalue weighted by Gasteiger charge is -2.18. The van der Waals surface area contributed by atoms with E-state index < -0.39 is 12.1 Å². The van der Waals surface area contributed by atoms with E-state index in [-0.39, 0.29) is 38.0 Å². The minimum Gasteiger partial charge on any atom is -0.462 e. The Hall–Kier alpha value is -4.97. The van der Waals surface area contributed by atoms with Crippen LogP contribution in [0.5, 0.6) is 0 Å². The van der Waals surface area contributed by atoms with Crippen molar-refractivity contribution in [2.24, 2.45) is 0 Å². The number of ether oxygens (including phenoxy) is 3. The molecule has 6 heteroatoms. The maximum Gasteiger partial charge on any atom is 0.306 e. The molecular weight excluding hydrogens is 877 g/mol. The molecule has 0 bridgehead atoms. The number of allylic oxidation sites excluding steroid dienone is 26. The second-order valence-corrected chi connectivity index (χ2v) is 17.7. The van der Waals surface area contributed by atoms with Gasteiger partial charge in [-0.3, -0.25) is 14.4 Å². The van der Waals surface area contributed by atoms with Crippen LogP contribution in [-0.4, -0.2) is 37.2 Å². The fraction of sp³-hybridized carbons (Fsp3) is 0.554. The van der Waals surface area contributed by atoms with Crippen LogP contribution in [0.3, 0.4) is 0 Å². The van der Waals surface area contributed by atoms with Gasteiger partial charge in [0.2, 0.25) is 0 Å². The fourth-order valence-electron chi connectivity index (χ4n) is 6.90. The third-order valence-electron chi connectivity index (χ3n) is 11.0. The molecular formula is C65H100O6. The maximum absolute atomic E-state index is 12.8. The number of carbonyl (C=O) groups excluding carboxylic acids is 3. The molecule has 0 amide bonds. The predicted molar refractivity (Wildman–Crippen MR) is 306 cm³/mol. The van der Waals surface area contributed by atoms with Gasteiger partial charge in [0.1, 0.15) is 13.2 Å². The van der Waals surface area contributed by atoms with Crippen molar-refractivity contribution in [3.8, 4) is 0 Å². The molecule has 0 spiro atoms. The van der Waals surface area contributed by atoms with Crippen LogP contribution in [-0.2, 0) is 28.6 Å². The lowest BCUT2D eigenvalue weighted by Crippen LogP contribution is -2.30. The van der Waals surface area contributed by atoms with Gasteiger partial charge in [0.05, 0.1) is 0 Å². The van der Waals surface area contributed by atoms with Crippen LogP contribution in [0.1, 0.15) is 213 Å². The van der Waals surface area contributed by atoms with Crippen molar-refractivity contribution in [2.45, 2.75) is 219 Å². The minimum absolute atomic E-state index is 0.141. The third kappa shape index (κ3) is 55.8. The topological polar surface area (TPSA) is 78.9 Å². The Bertz CT molecular complexity index is 1640. The normalized spacial score (nSPS) is 13.3. The highest BCUT2D eigenvalue weighted by Crippen LogP contribution is 2.12. The molecule has 0 aliphatic carbocycles. The standard InChI is InChI=1S/C65H100O6/c1-4-7-10-13-16-19-22-25-28-30-32-34-37-40-43-46-49-52-55-58-64(67)70-61-62(60-69-63(66)57-54-51-48-45-42-39-36-27-24-21-18-15-12-9-6-3)71-65(68)59-56-53-50-47-44-41-38-35-33-31-29-26-23-20-17-14-11-8-5-2/h7-8,10-11,16-17,19-21,24-26,28-29,32-35,40-41,43-44,49-50,52-53,62H,4-6,9,12-15,18,22-23,27,30-31,36-39,42,45-48,51,54-61H2,1-3H3/b10-7-,11-8-,19-16-,20-17-,24-21-,28-25-,29-26-,34-32-,35-33-,43-40-,44-41-,52-49-,53-50-/t62-/m0/s1. The highest BCUT2D eigenvalue weighted by atomic mass is 16.6. The molecule has 0 unspecified atom stereocenters. The average Bonchev–Trinajstić information content (AvgIpc) is 3.37. The molecule has 0 saturated carbocycles. The Kier molecular flexibility index (Phi) is 53.6. The smallest absolute Gasteiger partial charge is 0.306 e. The van der Waals surface area contributed by atoms with E-state index in [1.54, 1.807) is 0 Å². The molecule has 0 saturated heterocycles.